The van der Waals surface area contributed by atoms with Gasteiger partial charge in [-0.2, -0.15) is 0 Å². The van der Waals surface area contributed by atoms with Crippen LogP contribution in [0.1, 0.15) is 24.0 Å². The van der Waals surface area contributed by atoms with Crippen LogP contribution in [0.4, 0.5) is 0 Å². The standard InChI is InChI=1S/C17H26N2O/c1-19(11-14-5-4-8-20-13-14)12-17-9-15-6-2-3-7-16(15)10-18-17/h2-3,6-7,14,17-18H,4-5,8-13H2,1H3. The summed E-state index contributed by atoms with van der Waals surface area (Å²) < 4.78 is 5.58. The smallest absolute Gasteiger partial charge is 0.0506 e. The number of hydrogen-bond acceptors (Lipinski definition) is 3. The van der Waals surface area contributed by atoms with Crippen molar-refractivity contribution in [2.24, 2.45) is 5.92 Å². The Morgan fingerprint density at radius 1 is 1.25 bits per heavy atom. The first-order chi connectivity index (χ1) is 9.81. The Kier molecular flexibility index (Phi) is 4.71. The van der Waals surface area contributed by atoms with Gasteiger partial charge in [-0.15, -0.1) is 0 Å². The maximum atomic E-state index is 5.58. The number of ether oxygens (including phenoxy) is 1. The van der Waals surface area contributed by atoms with Gasteiger partial charge in [0.2, 0.25) is 0 Å². The van der Waals surface area contributed by atoms with Gasteiger partial charge < -0.3 is 15.0 Å². The summed E-state index contributed by atoms with van der Waals surface area (Å²) in [5.74, 6) is 0.727. The zero-order valence-electron chi connectivity index (χ0n) is 12.5. The third-order valence-electron chi connectivity index (χ3n) is 4.52. The van der Waals surface area contributed by atoms with E-state index in [-0.39, 0.29) is 0 Å². The molecule has 2 unspecified atom stereocenters. The molecule has 1 aromatic carbocycles. The first-order valence-corrected chi connectivity index (χ1v) is 7.87. The maximum Gasteiger partial charge on any atom is 0.0506 e. The number of fused-ring (bicyclic) bond motifs is 1. The first kappa shape index (κ1) is 14.1. The van der Waals surface area contributed by atoms with Crippen LogP contribution in [0.2, 0.25) is 0 Å². The van der Waals surface area contributed by atoms with E-state index in [2.05, 4.69) is 41.5 Å². The molecule has 0 saturated carbocycles. The van der Waals surface area contributed by atoms with E-state index >= 15 is 0 Å². The van der Waals surface area contributed by atoms with Gasteiger partial charge in [0.05, 0.1) is 6.61 Å². The van der Waals surface area contributed by atoms with Crippen LogP contribution in [0.3, 0.4) is 0 Å². The molecule has 2 heterocycles. The molecule has 0 radical (unpaired) electrons. The minimum atomic E-state index is 0.583. The molecule has 3 nitrogen and oxygen atoms in total. The topological polar surface area (TPSA) is 24.5 Å². The summed E-state index contributed by atoms with van der Waals surface area (Å²) in [7, 11) is 2.25. The lowest BCUT2D eigenvalue weighted by atomic mass is 9.95. The predicted octanol–water partition coefficient (Wildman–Crippen LogP) is 2.06. The molecule has 0 aliphatic carbocycles. The van der Waals surface area contributed by atoms with Crippen LogP contribution in [0.15, 0.2) is 24.3 Å². The zero-order chi connectivity index (χ0) is 13.8. The van der Waals surface area contributed by atoms with Gasteiger partial charge in [0, 0.05) is 32.3 Å². The monoisotopic (exact) mass is 274 g/mol. The van der Waals surface area contributed by atoms with E-state index in [0.717, 1.165) is 38.6 Å². The van der Waals surface area contributed by atoms with Crippen LogP contribution >= 0.6 is 0 Å². The Hall–Kier alpha value is -0.900. The van der Waals surface area contributed by atoms with Crippen molar-refractivity contribution in [3.63, 3.8) is 0 Å². The van der Waals surface area contributed by atoms with Gasteiger partial charge in [-0.1, -0.05) is 24.3 Å². The van der Waals surface area contributed by atoms with E-state index in [9.17, 15) is 0 Å². The quantitative estimate of drug-likeness (QED) is 0.909. The molecule has 0 amide bonds. The largest absolute Gasteiger partial charge is 0.381 e. The summed E-state index contributed by atoms with van der Waals surface area (Å²) in [6, 6.07) is 9.39. The lowest BCUT2D eigenvalue weighted by Crippen LogP contribution is -2.45. The fourth-order valence-electron chi connectivity index (χ4n) is 3.49. The molecule has 3 heteroatoms. The van der Waals surface area contributed by atoms with Crippen LogP contribution in [0.5, 0.6) is 0 Å². The highest BCUT2D eigenvalue weighted by molar-refractivity contribution is 5.29. The Balaban J connectivity index is 1.48. The van der Waals surface area contributed by atoms with Crippen LogP contribution in [0, 0.1) is 5.92 Å². The van der Waals surface area contributed by atoms with Crippen molar-refractivity contribution in [3.8, 4) is 0 Å². The minimum absolute atomic E-state index is 0.583. The second-order valence-electron chi connectivity index (χ2n) is 6.36. The number of likely N-dealkylation sites (N-methyl/N-ethyl adjacent to an activating group) is 1. The number of benzene rings is 1. The van der Waals surface area contributed by atoms with Crippen LogP contribution in [0.25, 0.3) is 0 Å². The molecule has 2 atom stereocenters. The molecule has 1 fully saturated rings. The van der Waals surface area contributed by atoms with Gasteiger partial charge in [0.25, 0.3) is 0 Å². The van der Waals surface area contributed by atoms with Crippen LogP contribution < -0.4 is 5.32 Å². The van der Waals surface area contributed by atoms with Crippen molar-refractivity contribution in [1.82, 2.24) is 10.2 Å². The molecule has 0 bridgehead atoms. The minimum Gasteiger partial charge on any atom is -0.381 e. The summed E-state index contributed by atoms with van der Waals surface area (Å²) in [5, 5.41) is 3.67. The van der Waals surface area contributed by atoms with Crippen LogP contribution in [-0.4, -0.2) is 44.3 Å². The Morgan fingerprint density at radius 3 is 2.90 bits per heavy atom. The molecule has 1 saturated heterocycles. The van der Waals surface area contributed by atoms with E-state index in [4.69, 9.17) is 4.74 Å². The molecule has 0 spiro atoms. The zero-order valence-corrected chi connectivity index (χ0v) is 12.5. The molecule has 2 aliphatic heterocycles. The number of nitrogens with zero attached hydrogens (tertiary/aromatic N) is 1. The number of nitrogens with one attached hydrogen (secondary N) is 1. The van der Waals surface area contributed by atoms with E-state index in [1.165, 1.54) is 30.5 Å². The molecular formula is C17H26N2O. The first-order valence-electron chi connectivity index (χ1n) is 7.87. The highest BCUT2D eigenvalue weighted by Crippen LogP contribution is 2.18. The summed E-state index contributed by atoms with van der Waals surface area (Å²) in [6.07, 6.45) is 3.71. The average molecular weight is 274 g/mol. The lowest BCUT2D eigenvalue weighted by molar-refractivity contribution is 0.0408. The van der Waals surface area contributed by atoms with E-state index in [1.54, 1.807) is 0 Å². The second-order valence-corrected chi connectivity index (χ2v) is 6.36. The third-order valence-corrected chi connectivity index (χ3v) is 4.52. The maximum absolute atomic E-state index is 5.58. The average Bonchev–Trinajstić information content (AvgIpc) is 2.48. The Morgan fingerprint density at radius 2 is 2.10 bits per heavy atom. The molecule has 110 valence electrons. The van der Waals surface area contributed by atoms with Gasteiger partial charge in [-0.3, -0.25) is 0 Å². The molecular weight excluding hydrogens is 248 g/mol. The van der Waals surface area contributed by atoms with Gasteiger partial charge >= 0.3 is 0 Å². The Bertz CT molecular complexity index is 429. The van der Waals surface area contributed by atoms with Crippen molar-refractivity contribution in [1.29, 1.82) is 0 Å². The van der Waals surface area contributed by atoms with Gasteiger partial charge in [0.15, 0.2) is 0 Å². The van der Waals surface area contributed by atoms with Gasteiger partial charge in [0.1, 0.15) is 0 Å². The van der Waals surface area contributed by atoms with E-state index in [0.29, 0.717) is 6.04 Å². The third kappa shape index (κ3) is 3.60. The molecule has 0 aromatic heterocycles. The summed E-state index contributed by atoms with van der Waals surface area (Å²) in [6.45, 7) is 5.22. The van der Waals surface area contributed by atoms with Gasteiger partial charge in [-0.25, -0.2) is 0 Å². The van der Waals surface area contributed by atoms with Crippen molar-refractivity contribution in [2.45, 2.75) is 31.8 Å². The molecule has 1 aromatic rings. The molecule has 20 heavy (non-hydrogen) atoms. The second kappa shape index (κ2) is 6.70. The number of rotatable bonds is 4. The van der Waals surface area contributed by atoms with E-state index in [1.807, 2.05) is 0 Å². The summed E-state index contributed by atoms with van der Waals surface area (Å²) in [5.41, 5.74) is 2.98. The SMILES string of the molecule is CN(CC1CCCOC1)CC1Cc2ccccc2CN1. The predicted molar refractivity (Wildman–Crippen MR) is 81.8 cm³/mol. The van der Waals surface area contributed by atoms with E-state index < -0.39 is 0 Å². The van der Waals surface area contributed by atoms with Crippen molar-refractivity contribution in [3.05, 3.63) is 35.4 Å². The van der Waals surface area contributed by atoms with Crippen molar-refractivity contribution >= 4 is 0 Å². The van der Waals surface area contributed by atoms with Crippen molar-refractivity contribution in [2.75, 3.05) is 33.4 Å². The fourth-order valence-corrected chi connectivity index (χ4v) is 3.49. The fraction of sp³-hybridized carbons (Fsp3) is 0.647. The Labute approximate surface area is 122 Å². The lowest BCUT2D eigenvalue weighted by Gasteiger charge is -2.32. The van der Waals surface area contributed by atoms with Gasteiger partial charge in [-0.05, 0) is 43.4 Å². The van der Waals surface area contributed by atoms with Crippen LogP contribution in [-0.2, 0) is 17.7 Å². The van der Waals surface area contributed by atoms with Crippen molar-refractivity contribution < 1.29 is 4.74 Å². The highest BCUT2D eigenvalue weighted by Gasteiger charge is 2.21. The summed E-state index contributed by atoms with van der Waals surface area (Å²) in [4.78, 5) is 2.48. The molecule has 1 N–H and O–H groups in total. The molecule has 2 aliphatic rings. The molecule has 3 rings (SSSR count). The summed E-state index contributed by atoms with van der Waals surface area (Å²) >= 11 is 0. The normalized spacial score (nSPS) is 26.5. The number of hydrogen-bond donors (Lipinski definition) is 1. The highest BCUT2D eigenvalue weighted by atomic mass is 16.5.